The third-order valence-corrected chi connectivity index (χ3v) is 6.19. The fraction of sp³-hybridized carbons (Fsp3) is 0.545. The SMILES string of the molecule is Cc1onc(N(C)C)c1-c1cc2c(c3c1CCC3)NC(C)(C)C(=O)C2(C)C. The minimum absolute atomic E-state index is 0.223. The van der Waals surface area contributed by atoms with Gasteiger partial charge in [-0.2, -0.15) is 0 Å². The third kappa shape index (κ3) is 2.43. The maximum Gasteiger partial charge on any atom is 0.179 e. The van der Waals surface area contributed by atoms with Crippen molar-refractivity contribution in [2.75, 3.05) is 24.3 Å². The minimum atomic E-state index is -0.559. The smallest absolute Gasteiger partial charge is 0.179 e. The third-order valence-electron chi connectivity index (χ3n) is 6.19. The largest absolute Gasteiger partial charge is 0.373 e. The molecule has 2 heterocycles. The molecule has 1 aromatic heterocycles. The lowest BCUT2D eigenvalue weighted by Gasteiger charge is -2.43. The fourth-order valence-corrected chi connectivity index (χ4v) is 4.89. The highest BCUT2D eigenvalue weighted by Crippen LogP contribution is 2.49. The molecule has 5 nitrogen and oxygen atoms in total. The maximum absolute atomic E-state index is 13.2. The van der Waals surface area contributed by atoms with Crippen LogP contribution in [0, 0.1) is 6.92 Å². The van der Waals surface area contributed by atoms with Crippen LogP contribution >= 0.6 is 0 Å². The van der Waals surface area contributed by atoms with Gasteiger partial charge in [-0.25, -0.2) is 0 Å². The van der Waals surface area contributed by atoms with E-state index in [1.165, 1.54) is 22.4 Å². The summed E-state index contributed by atoms with van der Waals surface area (Å²) >= 11 is 0. The number of hydrogen-bond donors (Lipinski definition) is 1. The Morgan fingerprint density at radius 1 is 1.15 bits per heavy atom. The average molecular weight is 367 g/mol. The monoisotopic (exact) mass is 367 g/mol. The molecule has 1 aliphatic heterocycles. The van der Waals surface area contributed by atoms with E-state index >= 15 is 0 Å². The standard InChI is InChI=1S/C22H29N3O2/c1-12-17(19(24-27-12)25(6)7)15-11-16-18(14-10-8-9-13(14)15)23-22(4,5)20(26)21(16,2)3/h11,23H,8-10H2,1-7H3. The average Bonchev–Trinajstić information content (AvgIpc) is 3.20. The number of rotatable bonds is 2. The lowest BCUT2D eigenvalue weighted by atomic mass is 9.68. The first-order chi connectivity index (χ1) is 12.6. The van der Waals surface area contributed by atoms with Gasteiger partial charge in [-0.3, -0.25) is 4.79 Å². The molecule has 0 saturated heterocycles. The number of ketones is 1. The Bertz CT molecular complexity index is 951. The van der Waals surface area contributed by atoms with E-state index in [1.54, 1.807) is 0 Å². The highest BCUT2D eigenvalue weighted by molar-refractivity contribution is 6.04. The number of nitrogens with one attached hydrogen (secondary N) is 1. The predicted octanol–water partition coefficient (Wildman–Crippen LogP) is 4.26. The molecule has 0 fully saturated rings. The van der Waals surface area contributed by atoms with E-state index in [2.05, 4.69) is 30.4 Å². The molecule has 2 aromatic rings. The van der Waals surface area contributed by atoms with Crippen LogP contribution in [0.4, 0.5) is 11.5 Å². The molecule has 1 aliphatic carbocycles. The summed E-state index contributed by atoms with van der Waals surface area (Å²) in [6, 6.07) is 2.21. The zero-order valence-electron chi connectivity index (χ0n) is 17.4. The number of anilines is 2. The number of fused-ring (bicyclic) bond motifs is 3. The summed E-state index contributed by atoms with van der Waals surface area (Å²) in [5.74, 6) is 1.89. The van der Waals surface area contributed by atoms with Crippen LogP contribution in [0.3, 0.4) is 0 Å². The van der Waals surface area contributed by atoms with Crippen molar-refractivity contribution in [2.24, 2.45) is 0 Å². The fourth-order valence-electron chi connectivity index (χ4n) is 4.89. The Balaban J connectivity index is 2.04. The second-order valence-electron chi connectivity index (χ2n) is 9.19. The van der Waals surface area contributed by atoms with Gasteiger partial charge in [-0.1, -0.05) is 5.16 Å². The first-order valence-electron chi connectivity index (χ1n) is 9.72. The maximum atomic E-state index is 13.2. The van der Waals surface area contributed by atoms with Gasteiger partial charge in [0.15, 0.2) is 11.6 Å². The Kier molecular flexibility index (Phi) is 3.75. The van der Waals surface area contributed by atoms with Gasteiger partial charge >= 0.3 is 0 Å². The number of carbonyl (C=O) groups excluding carboxylic acids is 1. The van der Waals surface area contributed by atoms with Crippen LogP contribution in [0.2, 0.25) is 0 Å². The summed E-state index contributed by atoms with van der Waals surface area (Å²) in [7, 11) is 3.97. The number of hydrogen-bond acceptors (Lipinski definition) is 5. The van der Waals surface area contributed by atoms with Crippen LogP contribution in [0.15, 0.2) is 10.6 Å². The Labute approximate surface area is 161 Å². The molecular formula is C22H29N3O2. The number of aryl methyl sites for hydroxylation is 1. The molecule has 0 atom stereocenters. The second-order valence-corrected chi connectivity index (χ2v) is 9.19. The molecule has 1 N–H and O–H groups in total. The van der Waals surface area contributed by atoms with Gasteiger partial charge in [0.2, 0.25) is 0 Å². The van der Waals surface area contributed by atoms with Crippen molar-refractivity contribution in [3.05, 3.63) is 28.5 Å². The summed E-state index contributed by atoms with van der Waals surface area (Å²) in [6.45, 7) is 10.0. The highest BCUT2D eigenvalue weighted by atomic mass is 16.5. The minimum Gasteiger partial charge on any atom is -0.373 e. The summed E-state index contributed by atoms with van der Waals surface area (Å²) < 4.78 is 5.55. The second kappa shape index (κ2) is 5.60. The summed E-state index contributed by atoms with van der Waals surface area (Å²) in [5.41, 5.74) is 6.11. The van der Waals surface area contributed by atoms with E-state index in [1.807, 2.05) is 39.8 Å². The van der Waals surface area contributed by atoms with Crippen molar-refractivity contribution in [3.8, 4) is 11.1 Å². The first kappa shape index (κ1) is 18.1. The van der Waals surface area contributed by atoms with E-state index in [0.717, 1.165) is 42.0 Å². The predicted molar refractivity (Wildman–Crippen MR) is 109 cm³/mol. The molecule has 5 heteroatoms. The molecule has 0 radical (unpaired) electrons. The molecular weight excluding hydrogens is 338 g/mol. The van der Waals surface area contributed by atoms with Crippen molar-refractivity contribution >= 4 is 17.3 Å². The Hall–Kier alpha value is -2.30. The molecule has 0 saturated carbocycles. The van der Waals surface area contributed by atoms with Crippen LogP contribution in [0.25, 0.3) is 11.1 Å². The van der Waals surface area contributed by atoms with E-state index in [0.29, 0.717) is 0 Å². The van der Waals surface area contributed by atoms with Gasteiger partial charge in [-0.15, -0.1) is 0 Å². The summed E-state index contributed by atoms with van der Waals surface area (Å²) in [4.78, 5) is 15.2. The zero-order valence-corrected chi connectivity index (χ0v) is 17.4. The molecule has 27 heavy (non-hydrogen) atoms. The van der Waals surface area contributed by atoms with Gasteiger partial charge in [0.1, 0.15) is 5.76 Å². The van der Waals surface area contributed by atoms with Crippen LogP contribution < -0.4 is 10.2 Å². The number of aromatic nitrogens is 1. The van der Waals surface area contributed by atoms with Crippen molar-refractivity contribution < 1.29 is 9.32 Å². The normalized spacial score (nSPS) is 19.4. The van der Waals surface area contributed by atoms with Crippen LogP contribution in [-0.2, 0) is 23.1 Å². The number of Topliss-reactive ketones (excluding diaryl/α,β-unsaturated/α-hetero) is 1. The van der Waals surface area contributed by atoms with Crippen LogP contribution in [-0.4, -0.2) is 30.6 Å². The van der Waals surface area contributed by atoms with Gasteiger partial charge in [-0.05, 0) is 82.2 Å². The van der Waals surface area contributed by atoms with Crippen LogP contribution in [0.1, 0.15) is 56.6 Å². The lowest BCUT2D eigenvalue weighted by Crippen LogP contribution is -2.53. The van der Waals surface area contributed by atoms with Gasteiger partial charge in [0, 0.05) is 19.8 Å². The van der Waals surface area contributed by atoms with Gasteiger partial charge < -0.3 is 14.7 Å². The zero-order chi connectivity index (χ0) is 19.7. The quantitative estimate of drug-likeness (QED) is 0.860. The molecule has 0 bridgehead atoms. The Morgan fingerprint density at radius 3 is 2.48 bits per heavy atom. The molecule has 0 unspecified atom stereocenters. The van der Waals surface area contributed by atoms with E-state index in [4.69, 9.17) is 4.52 Å². The summed E-state index contributed by atoms with van der Waals surface area (Å²) in [6.07, 6.45) is 3.23. The van der Waals surface area contributed by atoms with Gasteiger partial charge in [0.05, 0.1) is 16.5 Å². The molecule has 0 spiro atoms. The number of nitrogens with zero attached hydrogens (tertiary/aromatic N) is 2. The first-order valence-corrected chi connectivity index (χ1v) is 9.72. The topological polar surface area (TPSA) is 58.4 Å². The van der Waals surface area contributed by atoms with E-state index < -0.39 is 11.0 Å². The van der Waals surface area contributed by atoms with Gasteiger partial charge in [0.25, 0.3) is 0 Å². The molecule has 1 aromatic carbocycles. The molecule has 2 aliphatic rings. The molecule has 0 amide bonds. The lowest BCUT2D eigenvalue weighted by molar-refractivity contribution is -0.127. The van der Waals surface area contributed by atoms with E-state index in [9.17, 15) is 4.79 Å². The summed E-state index contributed by atoms with van der Waals surface area (Å²) in [5, 5.41) is 7.84. The van der Waals surface area contributed by atoms with Crippen molar-refractivity contribution in [1.82, 2.24) is 5.16 Å². The van der Waals surface area contributed by atoms with Crippen molar-refractivity contribution in [1.29, 1.82) is 0 Å². The highest BCUT2D eigenvalue weighted by Gasteiger charge is 2.47. The Morgan fingerprint density at radius 2 is 1.81 bits per heavy atom. The number of benzene rings is 1. The molecule has 144 valence electrons. The molecule has 4 rings (SSSR count). The van der Waals surface area contributed by atoms with Crippen molar-refractivity contribution in [3.63, 3.8) is 0 Å². The van der Waals surface area contributed by atoms with E-state index in [-0.39, 0.29) is 5.78 Å². The number of carbonyl (C=O) groups is 1. The van der Waals surface area contributed by atoms with Crippen molar-refractivity contribution in [2.45, 2.75) is 64.8 Å². The van der Waals surface area contributed by atoms with Crippen LogP contribution in [0.5, 0.6) is 0 Å².